The number of piperidine rings is 1. The Bertz CT molecular complexity index is 607. The fraction of sp³-hybridized carbons (Fsp3) is 0.619. The van der Waals surface area contributed by atoms with Crippen LogP contribution in [0.2, 0.25) is 0 Å². The molecule has 1 heterocycles. The Kier molecular flexibility index (Phi) is 8.10. The summed E-state index contributed by atoms with van der Waals surface area (Å²) < 4.78 is 0. The zero-order chi connectivity index (χ0) is 19.8. The van der Waals surface area contributed by atoms with Gasteiger partial charge in [-0.05, 0) is 44.7 Å². The molecule has 1 aromatic rings. The molecule has 1 atom stereocenters. The number of benzene rings is 1. The third-order valence-corrected chi connectivity index (χ3v) is 5.10. The van der Waals surface area contributed by atoms with Crippen LogP contribution in [0, 0.1) is 12.8 Å². The maximum atomic E-state index is 12.9. The molecule has 3 amide bonds. The van der Waals surface area contributed by atoms with Crippen molar-refractivity contribution in [3.63, 3.8) is 0 Å². The van der Waals surface area contributed by atoms with Gasteiger partial charge in [0.25, 0.3) is 0 Å². The first-order chi connectivity index (χ1) is 12.9. The zero-order valence-electron chi connectivity index (χ0n) is 17.0. The minimum Gasteiger partial charge on any atom is -0.341 e. The summed E-state index contributed by atoms with van der Waals surface area (Å²) in [4.78, 5) is 27.2. The first-order valence-corrected chi connectivity index (χ1v) is 9.95. The van der Waals surface area contributed by atoms with Crippen LogP contribution in [0.5, 0.6) is 0 Å². The van der Waals surface area contributed by atoms with Gasteiger partial charge in [0.1, 0.15) is 6.04 Å². The predicted octanol–water partition coefficient (Wildman–Crippen LogP) is 2.42. The van der Waals surface area contributed by atoms with Gasteiger partial charge in [0.2, 0.25) is 5.91 Å². The number of carbonyl (C=O) groups is 2. The molecule has 6 nitrogen and oxygen atoms in total. The van der Waals surface area contributed by atoms with Crippen molar-refractivity contribution < 1.29 is 9.59 Å². The number of amides is 3. The largest absolute Gasteiger partial charge is 0.341 e. The molecule has 0 aromatic heterocycles. The van der Waals surface area contributed by atoms with E-state index in [0.717, 1.165) is 31.5 Å². The Morgan fingerprint density at radius 1 is 1.15 bits per heavy atom. The van der Waals surface area contributed by atoms with Gasteiger partial charge in [0, 0.05) is 25.7 Å². The summed E-state index contributed by atoms with van der Waals surface area (Å²) in [5.41, 5.74) is 2.23. The van der Waals surface area contributed by atoms with E-state index in [-0.39, 0.29) is 11.9 Å². The van der Waals surface area contributed by atoms with E-state index in [1.165, 1.54) is 5.56 Å². The average Bonchev–Trinajstić information content (AvgIpc) is 2.66. The SMILES string of the molecule is CNC1CCN(C(=O)C(CC(C)C)NC(=O)NCc2ccc(C)cc2)CC1. The summed E-state index contributed by atoms with van der Waals surface area (Å²) >= 11 is 0. The molecular formula is C21H34N4O2. The number of nitrogens with zero attached hydrogens (tertiary/aromatic N) is 1. The smallest absolute Gasteiger partial charge is 0.315 e. The number of hydrogen-bond acceptors (Lipinski definition) is 3. The molecule has 6 heteroatoms. The van der Waals surface area contributed by atoms with Crippen LogP contribution in [0.1, 0.15) is 44.2 Å². The molecule has 1 aliphatic rings. The molecule has 0 bridgehead atoms. The molecule has 1 unspecified atom stereocenters. The quantitative estimate of drug-likeness (QED) is 0.686. The minimum absolute atomic E-state index is 0.0312. The van der Waals surface area contributed by atoms with Crippen LogP contribution in [0.15, 0.2) is 24.3 Å². The van der Waals surface area contributed by atoms with Crippen LogP contribution in [0.25, 0.3) is 0 Å². The Morgan fingerprint density at radius 3 is 2.33 bits per heavy atom. The summed E-state index contributed by atoms with van der Waals surface area (Å²) in [5, 5.41) is 9.04. The van der Waals surface area contributed by atoms with Crippen molar-refractivity contribution >= 4 is 11.9 Å². The molecule has 3 N–H and O–H groups in total. The highest BCUT2D eigenvalue weighted by atomic mass is 16.2. The molecular weight excluding hydrogens is 340 g/mol. The second-order valence-electron chi connectivity index (χ2n) is 7.88. The molecule has 2 rings (SSSR count). The first kappa shape index (κ1) is 21.2. The van der Waals surface area contributed by atoms with Gasteiger partial charge in [0.15, 0.2) is 0 Å². The van der Waals surface area contributed by atoms with Gasteiger partial charge in [-0.1, -0.05) is 43.7 Å². The maximum absolute atomic E-state index is 12.9. The highest BCUT2D eigenvalue weighted by Gasteiger charge is 2.29. The fourth-order valence-electron chi connectivity index (χ4n) is 3.40. The van der Waals surface area contributed by atoms with Gasteiger partial charge in [0.05, 0.1) is 0 Å². The van der Waals surface area contributed by atoms with Gasteiger partial charge in [-0.15, -0.1) is 0 Å². The molecule has 150 valence electrons. The standard InChI is InChI=1S/C21H34N4O2/c1-15(2)13-19(20(26)25-11-9-18(22-4)10-12-25)24-21(27)23-14-17-7-5-16(3)6-8-17/h5-8,15,18-19,22H,9-14H2,1-4H3,(H2,23,24,27). The van der Waals surface area contributed by atoms with E-state index in [0.29, 0.717) is 24.9 Å². The van der Waals surface area contributed by atoms with Crippen molar-refractivity contribution in [2.75, 3.05) is 20.1 Å². The lowest BCUT2D eigenvalue weighted by Crippen LogP contribution is -2.54. The third kappa shape index (κ3) is 6.86. The highest BCUT2D eigenvalue weighted by Crippen LogP contribution is 2.14. The highest BCUT2D eigenvalue weighted by molar-refractivity contribution is 5.87. The lowest BCUT2D eigenvalue weighted by molar-refractivity contribution is -0.134. The Morgan fingerprint density at radius 2 is 1.78 bits per heavy atom. The molecule has 0 spiro atoms. The lowest BCUT2D eigenvalue weighted by atomic mass is 10.00. The van der Waals surface area contributed by atoms with Crippen LogP contribution < -0.4 is 16.0 Å². The van der Waals surface area contributed by atoms with Gasteiger partial charge in [-0.3, -0.25) is 4.79 Å². The number of hydrogen-bond donors (Lipinski definition) is 3. The van der Waals surface area contributed by atoms with Crippen molar-refractivity contribution in [1.82, 2.24) is 20.9 Å². The summed E-state index contributed by atoms with van der Waals surface area (Å²) in [5.74, 6) is 0.356. The van der Waals surface area contributed by atoms with Crippen LogP contribution in [-0.2, 0) is 11.3 Å². The van der Waals surface area contributed by atoms with Crippen molar-refractivity contribution in [3.05, 3.63) is 35.4 Å². The number of likely N-dealkylation sites (tertiary alicyclic amines) is 1. The number of nitrogens with one attached hydrogen (secondary N) is 3. The molecule has 0 aliphatic carbocycles. The second-order valence-corrected chi connectivity index (χ2v) is 7.88. The normalized spacial score (nSPS) is 16.3. The minimum atomic E-state index is -0.478. The van der Waals surface area contributed by atoms with Gasteiger partial charge >= 0.3 is 6.03 Å². The molecule has 1 aromatic carbocycles. The fourth-order valence-corrected chi connectivity index (χ4v) is 3.40. The van der Waals surface area contributed by atoms with Gasteiger partial charge in [-0.25, -0.2) is 4.79 Å². The van der Waals surface area contributed by atoms with E-state index in [9.17, 15) is 9.59 Å². The Balaban J connectivity index is 1.89. The Labute approximate surface area is 163 Å². The lowest BCUT2D eigenvalue weighted by Gasteiger charge is -2.34. The third-order valence-electron chi connectivity index (χ3n) is 5.10. The first-order valence-electron chi connectivity index (χ1n) is 9.95. The number of aryl methyl sites for hydroxylation is 1. The van der Waals surface area contributed by atoms with Crippen molar-refractivity contribution in [3.8, 4) is 0 Å². The summed E-state index contributed by atoms with van der Waals surface area (Å²) in [7, 11) is 1.96. The summed E-state index contributed by atoms with van der Waals surface area (Å²) in [6.45, 7) is 8.10. The van der Waals surface area contributed by atoms with E-state index in [2.05, 4.69) is 29.8 Å². The predicted molar refractivity (Wildman–Crippen MR) is 108 cm³/mol. The number of urea groups is 1. The summed E-state index contributed by atoms with van der Waals surface area (Å²) in [6, 6.07) is 7.75. The molecule has 0 radical (unpaired) electrons. The van der Waals surface area contributed by atoms with Gasteiger partial charge in [-0.2, -0.15) is 0 Å². The van der Waals surface area contributed by atoms with Crippen LogP contribution >= 0.6 is 0 Å². The average molecular weight is 375 g/mol. The monoisotopic (exact) mass is 374 g/mol. The molecule has 1 aliphatic heterocycles. The van der Waals surface area contributed by atoms with E-state index >= 15 is 0 Å². The van der Waals surface area contributed by atoms with E-state index in [1.54, 1.807) is 0 Å². The van der Waals surface area contributed by atoms with E-state index in [4.69, 9.17) is 0 Å². The van der Waals surface area contributed by atoms with Gasteiger partial charge < -0.3 is 20.9 Å². The Hall–Kier alpha value is -2.08. The molecule has 0 saturated carbocycles. The molecule has 27 heavy (non-hydrogen) atoms. The second kappa shape index (κ2) is 10.3. The topological polar surface area (TPSA) is 73.5 Å². The van der Waals surface area contributed by atoms with Crippen molar-refractivity contribution in [2.24, 2.45) is 5.92 Å². The van der Waals surface area contributed by atoms with E-state index < -0.39 is 6.04 Å². The molecule has 1 fully saturated rings. The van der Waals surface area contributed by atoms with Crippen LogP contribution in [0.3, 0.4) is 0 Å². The zero-order valence-corrected chi connectivity index (χ0v) is 17.0. The van der Waals surface area contributed by atoms with Crippen LogP contribution in [0.4, 0.5) is 4.79 Å². The van der Waals surface area contributed by atoms with Crippen molar-refractivity contribution in [1.29, 1.82) is 0 Å². The molecule has 1 saturated heterocycles. The maximum Gasteiger partial charge on any atom is 0.315 e. The van der Waals surface area contributed by atoms with Crippen LogP contribution in [-0.4, -0.2) is 49.1 Å². The number of rotatable bonds is 7. The number of carbonyl (C=O) groups excluding carboxylic acids is 2. The van der Waals surface area contributed by atoms with Crippen molar-refractivity contribution in [2.45, 2.75) is 58.7 Å². The van der Waals surface area contributed by atoms with E-state index in [1.807, 2.05) is 43.1 Å². The summed E-state index contributed by atoms with van der Waals surface area (Å²) in [6.07, 6.45) is 2.55.